The Labute approximate surface area is 171 Å². The van der Waals surface area contributed by atoms with Crippen LogP contribution in [-0.4, -0.2) is 25.5 Å². The van der Waals surface area contributed by atoms with Gasteiger partial charge in [0, 0.05) is 9.79 Å². The minimum atomic E-state index is -4.48. The first-order valence-corrected chi connectivity index (χ1v) is 10.2. The number of amides is 1. The molecule has 3 rings (SSSR count). The van der Waals surface area contributed by atoms with E-state index in [-0.39, 0.29) is 18.0 Å². The van der Waals surface area contributed by atoms with Crippen LogP contribution in [0.3, 0.4) is 0 Å². The predicted molar refractivity (Wildman–Crippen MR) is 105 cm³/mol. The van der Waals surface area contributed by atoms with Gasteiger partial charge in [-0.3, -0.25) is 9.69 Å². The Balaban J connectivity index is 1.93. The highest BCUT2D eigenvalue weighted by Crippen LogP contribution is 2.49. The number of benzene rings is 2. The first-order valence-electron chi connectivity index (χ1n) is 9.36. The average molecular weight is 420 g/mol. The summed E-state index contributed by atoms with van der Waals surface area (Å²) >= 11 is 1.36. The lowest BCUT2D eigenvalue weighted by Gasteiger charge is -2.32. The molecule has 1 heterocycles. The van der Waals surface area contributed by atoms with E-state index in [0.29, 0.717) is 30.1 Å². The van der Waals surface area contributed by atoms with E-state index in [1.165, 1.54) is 22.7 Å². The van der Waals surface area contributed by atoms with Gasteiger partial charge in [0.2, 0.25) is 5.91 Å². The molecule has 29 heavy (non-hydrogen) atoms. The van der Waals surface area contributed by atoms with Gasteiger partial charge in [-0.1, -0.05) is 23.9 Å². The number of quaternary nitrogens is 1. The van der Waals surface area contributed by atoms with Crippen molar-refractivity contribution in [2.24, 2.45) is 0 Å². The second-order valence-electron chi connectivity index (χ2n) is 6.74. The van der Waals surface area contributed by atoms with Crippen LogP contribution in [0.25, 0.3) is 0 Å². The molecular weight excluding hydrogens is 399 g/mol. The average Bonchev–Trinajstić information content (AvgIpc) is 2.70. The van der Waals surface area contributed by atoms with Gasteiger partial charge in [0.25, 0.3) is 0 Å². The maximum absolute atomic E-state index is 13.3. The Bertz CT molecular complexity index is 939. The monoisotopic (exact) mass is 420 g/mol. The zero-order valence-corrected chi connectivity index (χ0v) is 16.7. The fourth-order valence-corrected chi connectivity index (χ4v) is 4.34. The van der Waals surface area contributed by atoms with Crippen molar-refractivity contribution < 1.29 is 22.9 Å². The summed E-state index contributed by atoms with van der Waals surface area (Å²) in [5.41, 5.74) is 0.0943. The zero-order valence-electron chi connectivity index (χ0n) is 15.9. The summed E-state index contributed by atoms with van der Waals surface area (Å²) in [6.07, 6.45) is -3.90. The maximum atomic E-state index is 13.3. The summed E-state index contributed by atoms with van der Waals surface area (Å²) in [6.45, 7) is 3.92. The lowest BCUT2D eigenvalue weighted by Crippen LogP contribution is -3.11. The topological polar surface area (TPSA) is 48.5 Å². The molecule has 1 amide bonds. The van der Waals surface area contributed by atoms with E-state index in [1.54, 1.807) is 12.1 Å². The Morgan fingerprint density at radius 1 is 1.14 bits per heavy atom. The van der Waals surface area contributed by atoms with E-state index >= 15 is 0 Å². The van der Waals surface area contributed by atoms with Crippen LogP contribution in [0.5, 0.6) is 0 Å². The molecule has 0 saturated heterocycles. The third-order valence-corrected chi connectivity index (χ3v) is 6.02. The summed E-state index contributed by atoms with van der Waals surface area (Å²) in [7, 11) is 0. The molecule has 8 heteroatoms. The van der Waals surface area contributed by atoms with Crippen LogP contribution in [0.4, 0.5) is 24.5 Å². The molecule has 1 atom stereocenters. The highest BCUT2D eigenvalue weighted by molar-refractivity contribution is 7.99. The van der Waals surface area contributed by atoms with Gasteiger partial charge in [-0.15, -0.1) is 0 Å². The van der Waals surface area contributed by atoms with Gasteiger partial charge in [0.1, 0.15) is 0 Å². The molecule has 0 spiro atoms. The number of halogens is 3. The van der Waals surface area contributed by atoms with E-state index in [1.807, 2.05) is 19.1 Å². The third kappa shape index (κ3) is 4.74. The van der Waals surface area contributed by atoms with Gasteiger partial charge in [0.15, 0.2) is 0 Å². The van der Waals surface area contributed by atoms with Crippen molar-refractivity contribution >= 4 is 29.0 Å². The highest BCUT2D eigenvalue weighted by atomic mass is 32.2. The molecule has 1 aliphatic heterocycles. The molecule has 2 aromatic rings. The molecule has 152 valence electrons. The molecule has 1 aliphatic rings. The van der Waals surface area contributed by atoms with Gasteiger partial charge in [-0.2, -0.15) is 18.4 Å². The normalized spacial score (nSPS) is 14.0. The molecule has 1 unspecified atom stereocenters. The molecule has 0 saturated carbocycles. The molecule has 0 bridgehead atoms. The Hall–Kier alpha value is -2.50. The number of hydrogen-bond acceptors (Lipinski definition) is 3. The van der Waals surface area contributed by atoms with Crippen LogP contribution >= 0.6 is 11.8 Å². The predicted octanol–water partition coefficient (Wildman–Crippen LogP) is 4.04. The second-order valence-corrected chi connectivity index (χ2v) is 7.82. The number of nitriles is 1. The van der Waals surface area contributed by atoms with Gasteiger partial charge in [-0.25, -0.2) is 0 Å². The number of nitrogens with zero attached hydrogens (tertiary/aromatic N) is 2. The van der Waals surface area contributed by atoms with Crippen LogP contribution < -0.4 is 9.80 Å². The summed E-state index contributed by atoms with van der Waals surface area (Å²) in [5, 5.41) is 8.77. The summed E-state index contributed by atoms with van der Waals surface area (Å²) in [4.78, 5) is 17.1. The molecular formula is C21H21F3N3OS+. The maximum Gasteiger partial charge on any atom is 0.416 e. The molecule has 0 radical (unpaired) electrons. The van der Waals surface area contributed by atoms with Crippen molar-refractivity contribution in [3.63, 3.8) is 0 Å². The molecule has 4 nitrogen and oxygen atoms in total. The quantitative estimate of drug-likeness (QED) is 0.767. The van der Waals surface area contributed by atoms with Crippen molar-refractivity contribution in [3.05, 3.63) is 48.0 Å². The van der Waals surface area contributed by atoms with Crippen molar-refractivity contribution in [3.8, 4) is 6.07 Å². The van der Waals surface area contributed by atoms with Crippen LogP contribution in [-0.2, 0) is 11.0 Å². The minimum absolute atomic E-state index is 0.184. The molecule has 0 aromatic heterocycles. The fraction of sp³-hybridized carbons (Fsp3) is 0.333. The number of carbonyl (C=O) groups is 1. The van der Waals surface area contributed by atoms with Gasteiger partial charge >= 0.3 is 6.18 Å². The number of alkyl halides is 3. The van der Waals surface area contributed by atoms with Crippen molar-refractivity contribution in [1.82, 2.24) is 0 Å². The standard InChI is InChI=1S/C21H20F3N3OS/c1-2-26(12-5-11-25)13-10-20(28)27-16-6-3-4-7-18(16)29-19-9-8-15(14-17(19)27)21(22,23)24/h3-4,6-9,14H,2,5,10,12-13H2,1H3/p+1. The number of fused-ring (bicyclic) bond motifs is 2. The number of carbonyl (C=O) groups excluding carboxylic acids is 1. The first kappa shape index (κ1) is 21.2. The first-order chi connectivity index (χ1) is 13.8. The Morgan fingerprint density at radius 3 is 2.55 bits per heavy atom. The SMILES string of the molecule is CC[NH+](CCC#N)CCC(=O)N1c2ccccc2Sc2ccc(C(F)(F)F)cc21. The Kier molecular flexibility index (Phi) is 6.50. The molecule has 0 fully saturated rings. The minimum Gasteiger partial charge on any atom is -0.334 e. The van der Waals surface area contributed by atoms with E-state index < -0.39 is 11.7 Å². The third-order valence-electron chi connectivity index (χ3n) is 4.89. The van der Waals surface area contributed by atoms with E-state index in [2.05, 4.69) is 6.07 Å². The number of para-hydroxylation sites is 1. The van der Waals surface area contributed by atoms with Crippen molar-refractivity contribution in [2.45, 2.75) is 35.7 Å². The lowest BCUT2D eigenvalue weighted by molar-refractivity contribution is -0.897. The van der Waals surface area contributed by atoms with Crippen molar-refractivity contribution in [2.75, 3.05) is 24.5 Å². The summed E-state index contributed by atoms with van der Waals surface area (Å²) < 4.78 is 39.8. The molecule has 1 N–H and O–H groups in total. The van der Waals surface area contributed by atoms with E-state index in [0.717, 1.165) is 28.5 Å². The van der Waals surface area contributed by atoms with E-state index in [9.17, 15) is 18.0 Å². The summed E-state index contributed by atoms with van der Waals surface area (Å²) in [6, 6.07) is 12.9. The van der Waals surface area contributed by atoms with Crippen molar-refractivity contribution in [1.29, 1.82) is 5.26 Å². The van der Waals surface area contributed by atoms with Gasteiger partial charge in [0.05, 0.1) is 55.5 Å². The van der Waals surface area contributed by atoms with Crippen LogP contribution in [0.1, 0.15) is 25.3 Å². The molecule has 2 aromatic carbocycles. The zero-order chi connectivity index (χ0) is 21.0. The van der Waals surface area contributed by atoms with Gasteiger partial charge < -0.3 is 4.90 Å². The van der Waals surface area contributed by atoms with E-state index in [4.69, 9.17) is 5.26 Å². The van der Waals surface area contributed by atoms with Gasteiger partial charge in [-0.05, 0) is 37.3 Å². The smallest absolute Gasteiger partial charge is 0.334 e. The number of hydrogen-bond donors (Lipinski definition) is 1. The highest BCUT2D eigenvalue weighted by Gasteiger charge is 2.35. The Morgan fingerprint density at radius 2 is 1.86 bits per heavy atom. The number of nitrogens with one attached hydrogen (secondary N) is 1. The summed E-state index contributed by atoms with van der Waals surface area (Å²) in [5.74, 6) is -0.249. The lowest BCUT2D eigenvalue weighted by atomic mass is 10.1. The van der Waals surface area contributed by atoms with Crippen LogP contribution in [0.2, 0.25) is 0 Å². The second kappa shape index (κ2) is 8.89. The largest absolute Gasteiger partial charge is 0.416 e. The number of rotatable bonds is 6. The number of anilines is 2. The fourth-order valence-electron chi connectivity index (χ4n) is 3.31. The van der Waals surface area contributed by atoms with Crippen LogP contribution in [0, 0.1) is 11.3 Å². The van der Waals surface area contributed by atoms with Crippen LogP contribution in [0.15, 0.2) is 52.3 Å². The molecule has 0 aliphatic carbocycles.